The first-order valence-electron chi connectivity index (χ1n) is 12.1. The van der Waals surface area contributed by atoms with E-state index in [0.717, 1.165) is 19.4 Å². The van der Waals surface area contributed by atoms with Crippen molar-refractivity contribution in [3.8, 4) is 0 Å². The third-order valence-corrected chi connectivity index (χ3v) is 7.00. The Hall–Kier alpha value is -1.93. The van der Waals surface area contributed by atoms with Crippen molar-refractivity contribution in [2.24, 2.45) is 0 Å². The first-order chi connectivity index (χ1) is 14.7. The molecule has 0 spiro atoms. The van der Waals surface area contributed by atoms with Gasteiger partial charge in [0.1, 0.15) is 5.78 Å². The number of carbonyl (C=O) groups excluding carboxylic acids is 1. The molecular weight excluding hydrogens is 378 g/mol. The van der Waals surface area contributed by atoms with Crippen LogP contribution in [-0.2, 0) is 23.2 Å². The van der Waals surface area contributed by atoms with Crippen molar-refractivity contribution in [2.75, 3.05) is 14.1 Å². The molecule has 0 unspecified atom stereocenters. The smallest absolute Gasteiger partial charge is 0.138 e. The van der Waals surface area contributed by atoms with E-state index in [9.17, 15) is 4.79 Å². The molecule has 31 heavy (non-hydrogen) atoms. The molecule has 0 aromatic heterocycles. The highest BCUT2D eigenvalue weighted by Gasteiger charge is 2.37. The number of hydrogen-bond acceptors (Lipinski definition) is 2. The number of hydrogen-bond donors (Lipinski definition) is 0. The minimum Gasteiger partial charge on any atom is -0.305 e. The van der Waals surface area contributed by atoms with Crippen LogP contribution < -0.4 is 0 Å². The van der Waals surface area contributed by atoms with Gasteiger partial charge in [-0.25, -0.2) is 0 Å². The highest BCUT2D eigenvalue weighted by atomic mass is 16.1. The second kappa shape index (κ2) is 10.1. The third kappa shape index (κ3) is 5.66. The molecule has 0 radical (unpaired) electrons. The first kappa shape index (κ1) is 23.7. The van der Waals surface area contributed by atoms with Crippen LogP contribution in [-0.4, -0.2) is 24.8 Å². The van der Waals surface area contributed by atoms with Gasteiger partial charge in [0.2, 0.25) is 0 Å². The van der Waals surface area contributed by atoms with Crippen LogP contribution in [0.1, 0.15) is 99.5 Å². The summed E-state index contributed by atoms with van der Waals surface area (Å²) in [4.78, 5) is 15.8. The second-order valence-electron chi connectivity index (χ2n) is 10.5. The van der Waals surface area contributed by atoms with E-state index in [2.05, 4.69) is 89.2 Å². The number of benzene rings is 2. The average molecular weight is 420 g/mol. The van der Waals surface area contributed by atoms with Crippen LogP contribution in [0.25, 0.3) is 0 Å². The van der Waals surface area contributed by atoms with Gasteiger partial charge in [-0.15, -0.1) is 0 Å². The van der Waals surface area contributed by atoms with Gasteiger partial charge in [-0.05, 0) is 66.6 Å². The van der Waals surface area contributed by atoms with E-state index < -0.39 is 0 Å². The number of rotatable bonds is 9. The van der Waals surface area contributed by atoms with Crippen molar-refractivity contribution in [1.82, 2.24) is 4.90 Å². The monoisotopic (exact) mass is 419 g/mol. The molecule has 0 N–H and O–H groups in total. The minimum absolute atomic E-state index is 0.0180. The molecule has 1 aliphatic carbocycles. The summed E-state index contributed by atoms with van der Waals surface area (Å²) in [6.45, 7) is 9.89. The maximum Gasteiger partial charge on any atom is 0.138 e. The maximum atomic E-state index is 13.6. The summed E-state index contributed by atoms with van der Waals surface area (Å²) >= 11 is 0. The van der Waals surface area contributed by atoms with Gasteiger partial charge in [-0.1, -0.05) is 83.0 Å². The van der Waals surface area contributed by atoms with Crippen LogP contribution in [0.15, 0.2) is 42.5 Å². The van der Waals surface area contributed by atoms with Gasteiger partial charge in [-0.3, -0.25) is 4.79 Å². The average Bonchev–Trinajstić information content (AvgIpc) is 3.17. The largest absolute Gasteiger partial charge is 0.305 e. The van der Waals surface area contributed by atoms with Crippen LogP contribution in [0.3, 0.4) is 0 Å². The Morgan fingerprint density at radius 3 is 2.06 bits per heavy atom. The highest BCUT2D eigenvalue weighted by molar-refractivity contribution is 5.83. The summed E-state index contributed by atoms with van der Waals surface area (Å²) in [5, 5.41) is 0. The second-order valence-corrected chi connectivity index (χ2v) is 10.5. The van der Waals surface area contributed by atoms with E-state index in [1.165, 1.54) is 40.7 Å². The van der Waals surface area contributed by atoms with E-state index >= 15 is 0 Å². The van der Waals surface area contributed by atoms with Crippen LogP contribution in [0.5, 0.6) is 0 Å². The lowest BCUT2D eigenvalue weighted by Crippen LogP contribution is -2.27. The standard InChI is InChI=1S/C29H41NO/c1-21(2)26-13-10-14-27(22(3)4)28(26)18-25(31)19-29(15-7-8-16-29)24-12-9-11-23(17-24)20-30(5)6/h9-14,17,21-22H,7-8,15-16,18-20H2,1-6H3. The summed E-state index contributed by atoms with van der Waals surface area (Å²) in [5.41, 5.74) is 6.70. The summed E-state index contributed by atoms with van der Waals surface area (Å²) in [7, 11) is 4.22. The van der Waals surface area contributed by atoms with E-state index in [0.29, 0.717) is 30.5 Å². The number of nitrogens with zero attached hydrogens (tertiary/aromatic N) is 1. The summed E-state index contributed by atoms with van der Waals surface area (Å²) < 4.78 is 0. The molecule has 0 saturated heterocycles. The Kier molecular flexibility index (Phi) is 7.75. The van der Waals surface area contributed by atoms with E-state index in [1.807, 2.05) is 0 Å². The Morgan fingerprint density at radius 2 is 1.52 bits per heavy atom. The fourth-order valence-electron chi connectivity index (χ4n) is 5.53. The van der Waals surface area contributed by atoms with Crippen molar-refractivity contribution in [2.45, 2.75) is 90.0 Å². The lowest BCUT2D eigenvalue weighted by atomic mass is 9.73. The van der Waals surface area contributed by atoms with E-state index in [1.54, 1.807) is 0 Å². The third-order valence-electron chi connectivity index (χ3n) is 7.00. The summed E-state index contributed by atoms with van der Waals surface area (Å²) in [5.74, 6) is 1.27. The Morgan fingerprint density at radius 1 is 0.935 bits per heavy atom. The van der Waals surface area contributed by atoms with Gasteiger partial charge in [0.25, 0.3) is 0 Å². The van der Waals surface area contributed by atoms with E-state index in [-0.39, 0.29) is 5.41 Å². The lowest BCUT2D eigenvalue weighted by molar-refractivity contribution is -0.119. The molecule has 0 aliphatic heterocycles. The molecular formula is C29H41NO. The van der Waals surface area contributed by atoms with Crippen molar-refractivity contribution in [3.05, 3.63) is 70.3 Å². The molecule has 0 bridgehead atoms. The molecule has 0 heterocycles. The molecule has 168 valence electrons. The number of ketones is 1. The van der Waals surface area contributed by atoms with Gasteiger partial charge < -0.3 is 4.90 Å². The molecule has 0 amide bonds. The first-order valence-corrected chi connectivity index (χ1v) is 12.1. The topological polar surface area (TPSA) is 20.3 Å². The van der Waals surface area contributed by atoms with Crippen LogP contribution in [0.2, 0.25) is 0 Å². The fraction of sp³-hybridized carbons (Fsp3) is 0.552. The van der Waals surface area contributed by atoms with Gasteiger partial charge in [0, 0.05) is 24.8 Å². The summed E-state index contributed by atoms with van der Waals surface area (Å²) in [6.07, 6.45) is 5.96. The zero-order valence-electron chi connectivity index (χ0n) is 20.5. The molecule has 1 fully saturated rings. The number of Topliss-reactive ketones (excluding diaryl/α,β-unsaturated/α-hetero) is 1. The van der Waals surface area contributed by atoms with Crippen LogP contribution in [0.4, 0.5) is 0 Å². The van der Waals surface area contributed by atoms with Gasteiger partial charge in [0.05, 0.1) is 0 Å². The van der Waals surface area contributed by atoms with Gasteiger partial charge >= 0.3 is 0 Å². The molecule has 2 aromatic carbocycles. The molecule has 1 aliphatic rings. The zero-order valence-corrected chi connectivity index (χ0v) is 20.5. The Bertz CT molecular complexity index is 861. The normalized spacial score (nSPS) is 15.9. The number of carbonyl (C=O) groups is 1. The minimum atomic E-state index is 0.0180. The molecule has 0 atom stereocenters. The SMILES string of the molecule is CC(C)c1cccc(C(C)C)c1CC(=O)CC1(c2cccc(CN(C)C)c2)CCCC1. The predicted molar refractivity (Wildman–Crippen MR) is 132 cm³/mol. The van der Waals surface area contributed by atoms with Crippen molar-refractivity contribution in [3.63, 3.8) is 0 Å². The van der Waals surface area contributed by atoms with Crippen LogP contribution >= 0.6 is 0 Å². The fourth-order valence-corrected chi connectivity index (χ4v) is 5.53. The summed E-state index contributed by atoms with van der Waals surface area (Å²) in [6, 6.07) is 15.6. The van der Waals surface area contributed by atoms with Crippen molar-refractivity contribution in [1.29, 1.82) is 0 Å². The van der Waals surface area contributed by atoms with Gasteiger partial charge in [0.15, 0.2) is 0 Å². The van der Waals surface area contributed by atoms with Crippen molar-refractivity contribution >= 4 is 5.78 Å². The maximum absolute atomic E-state index is 13.6. The zero-order chi connectivity index (χ0) is 22.6. The lowest BCUT2D eigenvalue weighted by Gasteiger charge is -2.30. The molecule has 3 rings (SSSR count). The molecule has 2 nitrogen and oxygen atoms in total. The molecule has 1 saturated carbocycles. The van der Waals surface area contributed by atoms with E-state index in [4.69, 9.17) is 0 Å². The Labute approximate surface area is 190 Å². The van der Waals surface area contributed by atoms with Gasteiger partial charge in [-0.2, -0.15) is 0 Å². The molecule has 2 aromatic rings. The Balaban J connectivity index is 1.88. The quantitative estimate of drug-likeness (QED) is 0.436. The molecule has 2 heteroatoms. The highest BCUT2D eigenvalue weighted by Crippen LogP contribution is 2.44. The van der Waals surface area contributed by atoms with Crippen molar-refractivity contribution < 1.29 is 4.79 Å². The predicted octanol–water partition coefficient (Wildman–Crippen LogP) is 7.01. The van der Waals surface area contributed by atoms with Crippen LogP contribution in [0, 0.1) is 0 Å².